The minimum Gasteiger partial charge on any atom is -0.351 e. The number of fused-ring (bicyclic) bond motifs is 1. The van der Waals surface area contributed by atoms with E-state index >= 15 is 0 Å². The van der Waals surface area contributed by atoms with Crippen LogP contribution in [0.25, 0.3) is 10.9 Å². The molecule has 19 heavy (non-hydrogen) atoms. The lowest BCUT2D eigenvalue weighted by Gasteiger charge is -2.09. The van der Waals surface area contributed by atoms with Gasteiger partial charge in [-0.3, -0.25) is 4.79 Å². The number of hydrogen-bond acceptors (Lipinski definition) is 1. The van der Waals surface area contributed by atoms with Crippen LogP contribution in [0.2, 0.25) is 0 Å². The molecule has 1 aliphatic carbocycles. The maximum Gasteiger partial charge on any atom is 0.267 e. The van der Waals surface area contributed by atoms with Crippen molar-refractivity contribution in [2.24, 2.45) is 5.92 Å². The van der Waals surface area contributed by atoms with Gasteiger partial charge in [-0.2, -0.15) is 0 Å². The summed E-state index contributed by atoms with van der Waals surface area (Å²) in [5.74, 6) is 0.831. The largest absolute Gasteiger partial charge is 0.351 e. The first-order valence-electron chi connectivity index (χ1n) is 7.19. The molecule has 1 fully saturated rings. The first-order valence-corrected chi connectivity index (χ1v) is 7.19. The van der Waals surface area contributed by atoms with E-state index in [9.17, 15) is 4.79 Å². The van der Waals surface area contributed by atoms with E-state index in [-0.39, 0.29) is 5.91 Å². The standard InChI is InChI=1S/C16H20N2O/c19-16(17-10-9-12-5-1-2-6-12)15-11-13-7-3-4-8-14(13)18-15/h3-4,7-8,11-12,18H,1-2,5-6,9-10H2,(H,17,19). The Hall–Kier alpha value is -1.77. The van der Waals surface area contributed by atoms with Gasteiger partial charge in [0, 0.05) is 17.4 Å². The molecule has 0 bridgehead atoms. The van der Waals surface area contributed by atoms with E-state index in [0.29, 0.717) is 5.69 Å². The second-order valence-corrected chi connectivity index (χ2v) is 5.47. The molecule has 3 rings (SSSR count). The first-order chi connectivity index (χ1) is 9.33. The lowest BCUT2D eigenvalue weighted by atomic mass is 10.0. The van der Waals surface area contributed by atoms with Crippen molar-refractivity contribution in [3.8, 4) is 0 Å². The highest BCUT2D eigenvalue weighted by atomic mass is 16.1. The summed E-state index contributed by atoms with van der Waals surface area (Å²) in [5.41, 5.74) is 1.68. The molecule has 0 radical (unpaired) electrons. The molecule has 1 aliphatic rings. The highest BCUT2D eigenvalue weighted by Gasteiger charge is 2.15. The topological polar surface area (TPSA) is 44.9 Å². The fourth-order valence-corrected chi connectivity index (χ4v) is 2.98. The van der Waals surface area contributed by atoms with E-state index in [4.69, 9.17) is 0 Å². The molecule has 0 unspecified atom stereocenters. The molecule has 0 saturated heterocycles. The molecule has 3 nitrogen and oxygen atoms in total. The van der Waals surface area contributed by atoms with Gasteiger partial charge in [-0.15, -0.1) is 0 Å². The molecule has 100 valence electrons. The molecule has 0 atom stereocenters. The quantitative estimate of drug-likeness (QED) is 0.864. The molecule has 1 aromatic heterocycles. The van der Waals surface area contributed by atoms with E-state index in [1.807, 2.05) is 30.3 Å². The summed E-state index contributed by atoms with van der Waals surface area (Å²) in [7, 11) is 0. The number of para-hydroxylation sites is 1. The molecule has 0 spiro atoms. The highest BCUT2D eigenvalue weighted by molar-refractivity contribution is 5.97. The molecule has 2 aromatic rings. The molecule has 1 heterocycles. The Kier molecular flexibility index (Phi) is 3.53. The number of benzene rings is 1. The van der Waals surface area contributed by atoms with Gasteiger partial charge >= 0.3 is 0 Å². The van der Waals surface area contributed by atoms with Gasteiger partial charge in [0.2, 0.25) is 0 Å². The molecular formula is C16H20N2O. The minimum absolute atomic E-state index is 0.00852. The van der Waals surface area contributed by atoms with E-state index < -0.39 is 0 Å². The van der Waals surface area contributed by atoms with Gasteiger partial charge in [0.25, 0.3) is 5.91 Å². The van der Waals surface area contributed by atoms with Crippen LogP contribution in [0.4, 0.5) is 0 Å². The average molecular weight is 256 g/mol. The number of hydrogen-bond donors (Lipinski definition) is 2. The second-order valence-electron chi connectivity index (χ2n) is 5.47. The number of carbonyl (C=O) groups is 1. The fourth-order valence-electron chi connectivity index (χ4n) is 2.98. The Balaban J connectivity index is 1.57. The summed E-state index contributed by atoms with van der Waals surface area (Å²) in [6, 6.07) is 9.88. The van der Waals surface area contributed by atoms with Crippen LogP contribution in [0.1, 0.15) is 42.6 Å². The van der Waals surface area contributed by atoms with Crippen molar-refractivity contribution in [3.05, 3.63) is 36.0 Å². The molecule has 1 saturated carbocycles. The summed E-state index contributed by atoms with van der Waals surface area (Å²) < 4.78 is 0. The summed E-state index contributed by atoms with van der Waals surface area (Å²) >= 11 is 0. The minimum atomic E-state index is 0.00852. The van der Waals surface area contributed by atoms with Gasteiger partial charge in [0.15, 0.2) is 0 Å². The average Bonchev–Trinajstić information content (AvgIpc) is 3.07. The Labute approximate surface area is 113 Å². The highest BCUT2D eigenvalue weighted by Crippen LogP contribution is 2.26. The monoisotopic (exact) mass is 256 g/mol. The van der Waals surface area contributed by atoms with Crippen LogP contribution in [-0.2, 0) is 0 Å². The van der Waals surface area contributed by atoms with Gasteiger partial charge in [-0.25, -0.2) is 0 Å². The smallest absolute Gasteiger partial charge is 0.267 e. The van der Waals surface area contributed by atoms with Crippen LogP contribution in [0.3, 0.4) is 0 Å². The van der Waals surface area contributed by atoms with Crippen LogP contribution >= 0.6 is 0 Å². The molecule has 1 amide bonds. The third kappa shape index (κ3) is 2.80. The van der Waals surface area contributed by atoms with Gasteiger partial charge in [-0.05, 0) is 24.5 Å². The number of rotatable bonds is 4. The Morgan fingerprint density at radius 3 is 2.84 bits per heavy atom. The van der Waals surface area contributed by atoms with Crippen LogP contribution in [0.5, 0.6) is 0 Å². The second kappa shape index (κ2) is 5.47. The maximum absolute atomic E-state index is 12.0. The third-order valence-electron chi connectivity index (χ3n) is 4.09. The first kappa shape index (κ1) is 12.3. The summed E-state index contributed by atoms with van der Waals surface area (Å²) in [4.78, 5) is 15.2. The predicted octanol–water partition coefficient (Wildman–Crippen LogP) is 3.48. The Morgan fingerprint density at radius 1 is 1.26 bits per heavy atom. The lowest BCUT2D eigenvalue weighted by Crippen LogP contribution is -2.25. The van der Waals surface area contributed by atoms with Crippen molar-refractivity contribution in [1.29, 1.82) is 0 Å². The Morgan fingerprint density at radius 2 is 2.05 bits per heavy atom. The van der Waals surface area contributed by atoms with Crippen molar-refractivity contribution in [2.75, 3.05) is 6.54 Å². The molecule has 0 aliphatic heterocycles. The van der Waals surface area contributed by atoms with E-state index in [2.05, 4.69) is 10.3 Å². The van der Waals surface area contributed by atoms with Crippen LogP contribution < -0.4 is 5.32 Å². The van der Waals surface area contributed by atoms with E-state index in [1.54, 1.807) is 0 Å². The lowest BCUT2D eigenvalue weighted by molar-refractivity contribution is 0.0947. The van der Waals surface area contributed by atoms with Gasteiger partial charge in [-0.1, -0.05) is 43.9 Å². The Bertz CT molecular complexity index is 534. The van der Waals surface area contributed by atoms with Crippen LogP contribution in [-0.4, -0.2) is 17.4 Å². The third-order valence-corrected chi connectivity index (χ3v) is 4.09. The van der Waals surface area contributed by atoms with Crippen molar-refractivity contribution in [3.63, 3.8) is 0 Å². The SMILES string of the molecule is O=C(NCCC1CCCC1)c1cc2ccccc2[nH]1. The van der Waals surface area contributed by atoms with Gasteiger partial charge in [0.1, 0.15) is 5.69 Å². The zero-order chi connectivity index (χ0) is 13.1. The number of carbonyl (C=O) groups excluding carboxylic acids is 1. The predicted molar refractivity (Wildman–Crippen MR) is 77.2 cm³/mol. The van der Waals surface area contributed by atoms with Gasteiger partial charge in [0.05, 0.1) is 0 Å². The van der Waals surface area contributed by atoms with Crippen molar-refractivity contribution in [1.82, 2.24) is 10.3 Å². The normalized spacial score (nSPS) is 16.0. The zero-order valence-corrected chi connectivity index (χ0v) is 11.1. The number of amides is 1. The van der Waals surface area contributed by atoms with Gasteiger partial charge < -0.3 is 10.3 Å². The zero-order valence-electron chi connectivity index (χ0n) is 11.1. The molecular weight excluding hydrogens is 236 g/mol. The number of nitrogens with one attached hydrogen (secondary N) is 2. The number of aromatic nitrogens is 1. The van der Waals surface area contributed by atoms with Crippen LogP contribution in [0, 0.1) is 5.92 Å². The molecule has 2 N–H and O–H groups in total. The van der Waals surface area contributed by atoms with Crippen molar-refractivity contribution >= 4 is 16.8 Å². The van der Waals surface area contributed by atoms with E-state index in [1.165, 1.54) is 25.7 Å². The van der Waals surface area contributed by atoms with Crippen LogP contribution in [0.15, 0.2) is 30.3 Å². The fraction of sp³-hybridized carbons (Fsp3) is 0.438. The number of H-pyrrole nitrogens is 1. The molecule has 1 aromatic carbocycles. The summed E-state index contributed by atoms with van der Waals surface area (Å²) in [6.07, 6.45) is 6.51. The maximum atomic E-state index is 12.0. The molecule has 3 heteroatoms. The van der Waals surface area contributed by atoms with Crippen molar-refractivity contribution < 1.29 is 4.79 Å². The number of aromatic amines is 1. The summed E-state index contributed by atoms with van der Waals surface area (Å²) in [5, 5.41) is 4.10. The van der Waals surface area contributed by atoms with E-state index in [0.717, 1.165) is 29.8 Å². The summed E-state index contributed by atoms with van der Waals surface area (Å²) in [6.45, 7) is 0.791. The van der Waals surface area contributed by atoms with Crippen molar-refractivity contribution in [2.45, 2.75) is 32.1 Å².